The summed E-state index contributed by atoms with van der Waals surface area (Å²) in [5, 5.41) is 0. The molecule has 0 radical (unpaired) electrons. The second kappa shape index (κ2) is 3.45. The van der Waals surface area contributed by atoms with Gasteiger partial charge in [-0.3, -0.25) is 0 Å². The van der Waals surface area contributed by atoms with Gasteiger partial charge in [0.25, 0.3) is 0 Å². The number of hydrogen-bond acceptors (Lipinski definition) is 2. The predicted octanol–water partition coefficient (Wildman–Crippen LogP) is 2.64. The van der Waals surface area contributed by atoms with Crippen molar-refractivity contribution in [2.75, 3.05) is 6.61 Å². The molecule has 1 saturated carbocycles. The molecular formula is C12H14O2. The van der Waals surface area contributed by atoms with Crippen LogP contribution in [0.3, 0.4) is 0 Å². The molecule has 1 fully saturated rings. The summed E-state index contributed by atoms with van der Waals surface area (Å²) >= 11 is 0. The van der Waals surface area contributed by atoms with Crippen LogP contribution in [0.15, 0.2) is 30.3 Å². The Balaban J connectivity index is 1.90. The van der Waals surface area contributed by atoms with E-state index in [0.717, 1.165) is 0 Å². The first-order valence-electron chi connectivity index (χ1n) is 4.92. The number of benzene rings is 1. The Bertz CT molecular complexity index is 325. The number of ether oxygens (including phenoxy) is 1. The lowest BCUT2D eigenvalue weighted by Gasteiger charge is -2.08. The van der Waals surface area contributed by atoms with Crippen molar-refractivity contribution in [2.45, 2.75) is 19.8 Å². The van der Waals surface area contributed by atoms with E-state index in [0.29, 0.717) is 12.2 Å². The number of rotatable bonds is 3. The van der Waals surface area contributed by atoms with Gasteiger partial charge < -0.3 is 4.74 Å². The Morgan fingerprint density at radius 1 is 1.36 bits per heavy atom. The van der Waals surface area contributed by atoms with Crippen LogP contribution in [0.25, 0.3) is 0 Å². The first-order chi connectivity index (χ1) is 6.70. The monoisotopic (exact) mass is 190 g/mol. The zero-order chi connectivity index (χ0) is 10.0. The normalized spacial score (nSPS) is 17.5. The molecule has 14 heavy (non-hydrogen) atoms. The molecule has 0 aromatic heterocycles. The minimum Gasteiger partial charge on any atom is -0.462 e. The third-order valence-electron chi connectivity index (χ3n) is 2.66. The first kappa shape index (κ1) is 9.25. The van der Waals surface area contributed by atoms with Crippen molar-refractivity contribution < 1.29 is 9.53 Å². The van der Waals surface area contributed by atoms with Gasteiger partial charge in [-0.05, 0) is 25.0 Å². The van der Waals surface area contributed by atoms with Crippen LogP contribution < -0.4 is 0 Å². The molecule has 0 unspecified atom stereocenters. The molecule has 0 bridgehead atoms. The average molecular weight is 190 g/mol. The van der Waals surface area contributed by atoms with Gasteiger partial charge in [-0.2, -0.15) is 0 Å². The number of esters is 1. The largest absolute Gasteiger partial charge is 0.462 e. The van der Waals surface area contributed by atoms with Crippen molar-refractivity contribution in [1.29, 1.82) is 0 Å². The molecule has 2 heteroatoms. The zero-order valence-corrected chi connectivity index (χ0v) is 8.32. The van der Waals surface area contributed by atoms with Gasteiger partial charge in [0.15, 0.2) is 0 Å². The van der Waals surface area contributed by atoms with E-state index >= 15 is 0 Å². The average Bonchev–Trinajstić information content (AvgIpc) is 2.95. The van der Waals surface area contributed by atoms with E-state index in [1.165, 1.54) is 12.8 Å². The summed E-state index contributed by atoms with van der Waals surface area (Å²) in [6.07, 6.45) is 2.35. The molecule has 0 saturated heterocycles. The zero-order valence-electron chi connectivity index (χ0n) is 8.32. The van der Waals surface area contributed by atoms with Crippen molar-refractivity contribution in [2.24, 2.45) is 5.41 Å². The van der Waals surface area contributed by atoms with Crippen LogP contribution in [0.1, 0.15) is 30.1 Å². The van der Waals surface area contributed by atoms with Crippen molar-refractivity contribution in [3.05, 3.63) is 35.9 Å². The maximum atomic E-state index is 11.5. The second-order valence-electron chi connectivity index (χ2n) is 4.25. The maximum Gasteiger partial charge on any atom is 0.338 e. The van der Waals surface area contributed by atoms with Crippen LogP contribution in [-0.4, -0.2) is 12.6 Å². The molecule has 0 aliphatic heterocycles. The minimum atomic E-state index is -0.210. The molecule has 74 valence electrons. The lowest BCUT2D eigenvalue weighted by atomic mass is 10.2. The van der Waals surface area contributed by atoms with Gasteiger partial charge in [0, 0.05) is 5.41 Å². The number of hydrogen-bond donors (Lipinski definition) is 0. The number of carbonyl (C=O) groups is 1. The van der Waals surface area contributed by atoms with Crippen LogP contribution >= 0.6 is 0 Å². The minimum absolute atomic E-state index is 0.210. The predicted molar refractivity (Wildman–Crippen MR) is 54.1 cm³/mol. The molecular weight excluding hydrogens is 176 g/mol. The molecule has 0 atom stereocenters. The molecule has 2 rings (SSSR count). The van der Waals surface area contributed by atoms with Crippen LogP contribution in [0.5, 0.6) is 0 Å². The van der Waals surface area contributed by atoms with Gasteiger partial charge in [0.1, 0.15) is 0 Å². The highest BCUT2D eigenvalue weighted by molar-refractivity contribution is 5.89. The fraction of sp³-hybridized carbons (Fsp3) is 0.417. The SMILES string of the molecule is CC1(COC(=O)c2ccccc2)CC1. The van der Waals surface area contributed by atoms with E-state index in [-0.39, 0.29) is 11.4 Å². The lowest BCUT2D eigenvalue weighted by Crippen LogP contribution is -2.12. The van der Waals surface area contributed by atoms with Gasteiger partial charge in [-0.15, -0.1) is 0 Å². The lowest BCUT2D eigenvalue weighted by molar-refractivity contribution is 0.0430. The maximum absolute atomic E-state index is 11.5. The smallest absolute Gasteiger partial charge is 0.338 e. The van der Waals surface area contributed by atoms with Crippen molar-refractivity contribution in [1.82, 2.24) is 0 Å². The summed E-state index contributed by atoms with van der Waals surface area (Å²) in [6.45, 7) is 2.70. The Morgan fingerprint density at radius 2 is 2.00 bits per heavy atom. The van der Waals surface area contributed by atoms with Gasteiger partial charge in [0.2, 0.25) is 0 Å². The molecule has 0 heterocycles. The van der Waals surface area contributed by atoms with Gasteiger partial charge in [0.05, 0.1) is 12.2 Å². The Hall–Kier alpha value is -1.31. The molecule has 1 aromatic rings. The fourth-order valence-corrected chi connectivity index (χ4v) is 1.26. The van der Waals surface area contributed by atoms with E-state index in [4.69, 9.17) is 4.74 Å². The Kier molecular flexibility index (Phi) is 2.28. The van der Waals surface area contributed by atoms with E-state index in [1.807, 2.05) is 18.2 Å². The van der Waals surface area contributed by atoms with Crippen LogP contribution in [0, 0.1) is 5.41 Å². The molecule has 2 nitrogen and oxygen atoms in total. The van der Waals surface area contributed by atoms with E-state index < -0.39 is 0 Å². The topological polar surface area (TPSA) is 26.3 Å². The molecule has 0 N–H and O–H groups in total. The third kappa shape index (κ3) is 2.13. The fourth-order valence-electron chi connectivity index (χ4n) is 1.26. The molecule has 1 aromatic carbocycles. The van der Waals surface area contributed by atoms with Crippen molar-refractivity contribution in [3.8, 4) is 0 Å². The van der Waals surface area contributed by atoms with Gasteiger partial charge in [-0.25, -0.2) is 4.79 Å². The highest BCUT2D eigenvalue weighted by atomic mass is 16.5. The summed E-state index contributed by atoms with van der Waals surface area (Å²) in [6, 6.07) is 9.12. The van der Waals surface area contributed by atoms with Crippen LogP contribution in [0.2, 0.25) is 0 Å². The quantitative estimate of drug-likeness (QED) is 0.685. The van der Waals surface area contributed by atoms with Crippen molar-refractivity contribution >= 4 is 5.97 Å². The molecule has 0 amide bonds. The summed E-state index contributed by atoms with van der Waals surface area (Å²) in [5.41, 5.74) is 0.904. The van der Waals surface area contributed by atoms with Gasteiger partial charge in [-0.1, -0.05) is 25.1 Å². The third-order valence-corrected chi connectivity index (χ3v) is 2.66. The summed E-state index contributed by atoms with van der Waals surface area (Å²) in [4.78, 5) is 11.5. The van der Waals surface area contributed by atoms with E-state index in [2.05, 4.69) is 6.92 Å². The number of carbonyl (C=O) groups excluding carboxylic acids is 1. The summed E-state index contributed by atoms with van der Waals surface area (Å²) in [7, 11) is 0. The second-order valence-corrected chi connectivity index (χ2v) is 4.25. The Labute approximate surface area is 83.9 Å². The van der Waals surface area contributed by atoms with Crippen LogP contribution in [0.4, 0.5) is 0 Å². The Morgan fingerprint density at radius 3 is 2.57 bits per heavy atom. The summed E-state index contributed by atoms with van der Waals surface area (Å²) < 4.78 is 5.22. The standard InChI is InChI=1S/C12H14O2/c1-12(7-8-12)9-14-11(13)10-5-3-2-4-6-10/h2-6H,7-9H2,1H3. The highest BCUT2D eigenvalue weighted by Crippen LogP contribution is 2.45. The molecule has 0 spiro atoms. The summed E-state index contributed by atoms with van der Waals surface area (Å²) in [5.74, 6) is -0.210. The van der Waals surface area contributed by atoms with Gasteiger partial charge >= 0.3 is 5.97 Å². The van der Waals surface area contributed by atoms with Crippen molar-refractivity contribution in [3.63, 3.8) is 0 Å². The van der Waals surface area contributed by atoms with E-state index in [1.54, 1.807) is 12.1 Å². The highest BCUT2D eigenvalue weighted by Gasteiger charge is 2.38. The molecule has 1 aliphatic carbocycles. The van der Waals surface area contributed by atoms with Crippen LogP contribution in [-0.2, 0) is 4.74 Å². The van der Waals surface area contributed by atoms with E-state index in [9.17, 15) is 4.79 Å². The molecule has 1 aliphatic rings. The first-order valence-corrected chi connectivity index (χ1v) is 4.92.